The van der Waals surface area contributed by atoms with Crippen molar-refractivity contribution in [1.82, 2.24) is 9.80 Å². The fraction of sp³-hybridized carbons (Fsp3) is 0.619. The first kappa shape index (κ1) is 18.9. The highest BCUT2D eigenvalue weighted by molar-refractivity contribution is 5.94. The van der Waals surface area contributed by atoms with Gasteiger partial charge in [-0.2, -0.15) is 0 Å². The molecule has 0 atom stereocenters. The number of anilines is 1. The number of carbonyl (C=O) groups excluding carboxylic acids is 2. The topological polar surface area (TPSA) is 43.9 Å². The molecule has 2 aliphatic heterocycles. The lowest BCUT2D eigenvalue weighted by atomic mass is 9.94. The summed E-state index contributed by atoms with van der Waals surface area (Å²) in [7, 11) is 0. The van der Waals surface area contributed by atoms with E-state index in [1.807, 2.05) is 42.7 Å². The van der Waals surface area contributed by atoms with Gasteiger partial charge in [0.1, 0.15) is 0 Å². The number of hydrogen-bond acceptors (Lipinski definition) is 3. The molecule has 0 radical (unpaired) electrons. The molecule has 0 N–H and O–H groups in total. The largest absolute Gasteiger partial charge is 0.340 e. The summed E-state index contributed by atoms with van der Waals surface area (Å²) < 4.78 is 0. The highest BCUT2D eigenvalue weighted by atomic mass is 16.2. The third-order valence-electron chi connectivity index (χ3n) is 5.35. The van der Waals surface area contributed by atoms with E-state index in [1.165, 1.54) is 5.56 Å². The molecule has 0 saturated carbocycles. The molecule has 5 nitrogen and oxygen atoms in total. The molecule has 26 heavy (non-hydrogen) atoms. The highest BCUT2D eigenvalue weighted by Gasteiger charge is 2.30. The van der Waals surface area contributed by atoms with Crippen molar-refractivity contribution >= 4 is 17.5 Å². The standard InChI is InChI=1S/C21H31N3O2/c1-21(2,3)20(26)23-15-13-22(14-16-23)12-10-19(25)24-11-6-8-17-7-4-5-9-18(17)24/h4-5,7,9H,6,8,10-16H2,1-3H3. The summed E-state index contributed by atoms with van der Waals surface area (Å²) in [6.07, 6.45) is 2.64. The molecular formula is C21H31N3O2. The van der Waals surface area contributed by atoms with E-state index in [2.05, 4.69) is 17.0 Å². The number of rotatable bonds is 3. The predicted octanol–water partition coefficient (Wildman–Crippen LogP) is 2.55. The van der Waals surface area contributed by atoms with Crippen molar-refractivity contribution in [3.05, 3.63) is 29.8 Å². The number of para-hydroxylation sites is 1. The Hall–Kier alpha value is -1.88. The minimum Gasteiger partial charge on any atom is -0.340 e. The highest BCUT2D eigenvalue weighted by Crippen LogP contribution is 2.27. The number of nitrogens with zero attached hydrogens (tertiary/aromatic N) is 3. The molecule has 5 heteroatoms. The first-order valence-electron chi connectivity index (χ1n) is 9.76. The van der Waals surface area contributed by atoms with Gasteiger partial charge in [-0.1, -0.05) is 39.0 Å². The fourth-order valence-electron chi connectivity index (χ4n) is 3.83. The van der Waals surface area contributed by atoms with Gasteiger partial charge in [0, 0.05) is 56.8 Å². The average Bonchev–Trinajstić information content (AvgIpc) is 2.64. The van der Waals surface area contributed by atoms with Crippen molar-refractivity contribution in [2.45, 2.75) is 40.0 Å². The van der Waals surface area contributed by atoms with Crippen LogP contribution in [0.25, 0.3) is 0 Å². The lowest BCUT2D eigenvalue weighted by Gasteiger charge is -2.38. The molecule has 0 bridgehead atoms. The van der Waals surface area contributed by atoms with Crippen molar-refractivity contribution in [3.8, 4) is 0 Å². The van der Waals surface area contributed by atoms with Crippen molar-refractivity contribution in [3.63, 3.8) is 0 Å². The van der Waals surface area contributed by atoms with Crippen LogP contribution in [0.1, 0.15) is 39.2 Å². The van der Waals surface area contributed by atoms with E-state index in [4.69, 9.17) is 0 Å². The number of fused-ring (bicyclic) bond motifs is 1. The van der Waals surface area contributed by atoms with Crippen molar-refractivity contribution in [1.29, 1.82) is 0 Å². The van der Waals surface area contributed by atoms with Crippen LogP contribution in [-0.2, 0) is 16.0 Å². The van der Waals surface area contributed by atoms with Crippen LogP contribution < -0.4 is 4.90 Å². The zero-order chi connectivity index (χ0) is 18.7. The van der Waals surface area contributed by atoms with Gasteiger partial charge in [0.25, 0.3) is 0 Å². The molecule has 142 valence electrons. The molecule has 0 aromatic heterocycles. The zero-order valence-corrected chi connectivity index (χ0v) is 16.3. The molecular weight excluding hydrogens is 326 g/mol. The van der Waals surface area contributed by atoms with Gasteiger partial charge in [0.2, 0.25) is 11.8 Å². The lowest BCUT2D eigenvalue weighted by Crippen LogP contribution is -2.52. The van der Waals surface area contributed by atoms with E-state index in [9.17, 15) is 9.59 Å². The van der Waals surface area contributed by atoms with Crippen LogP contribution >= 0.6 is 0 Å². The Kier molecular flexibility index (Phi) is 5.66. The second-order valence-electron chi connectivity index (χ2n) is 8.41. The minimum atomic E-state index is -0.320. The van der Waals surface area contributed by atoms with Gasteiger partial charge >= 0.3 is 0 Å². The smallest absolute Gasteiger partial charge is 0.228 e. The van der Waals surface area contributed by atoms with Crippen LogP contribution in [0.15, 0.2) is 24.3 Å². The Labute approximate surface area is 156 Å². The Morgan fingerprint density at radius 3 is 2.38 bits per heavy atom. The quantitative estimate of drug-likeness (QED) is 0.835. The second-order valence-corrected chi connectivity index (χ2v) is 8.41. The maximum Gasteiger partial charge on any atom is 0.228 e. The summed E-state index contributed by atoms with van der Waals surface area (Å²) in [5.74, 6) is 0.434. The monoisotopic (exact) mass is 357 g/mol. The normalized spacial score (nSPS) is 18.6. The molecule has 1 aromatic carbocycles. The van der Waals surface area contributed by atoms with Gasteiger partial charge in [0.05, 0.1) is 0 Å². The average molecular weight is 357 g/mol. The SMILES string of the molecule is CC(C)(C)C(=O)N1CCN(CCC(=O)N2CCCc3ccccc32)CC1. The summed E-state index contributed by atoms with van der Waals surface area (Å²) in [4.78, 5) is 31.3. The van der Waals surface area contributed by atoms with Gasteiger partial charge in [-0.25, -0.2) is 0 Å². The van der Waals surface area contributed by atoms with Gasteiger partial charge in [0.15, 0.2) is 0 Å². The van der Waals surface area contributed by atoms with Gasteiger partial charge < -0.3 is 9.80 Å². The summed E-state index contributed by atoms with van der Waals surface area (Å²) in [6.45, 7) is 10.7. The second kappa shape index (κ2) is 7.78. The summed E-state index contributed by atoms with van der Waals surface area (Å²) >= 11 is 0. The van der Waals surface area contributed by atoms with E-state index < -0.39 is 0 Å². The van der Waals surface area contributed by atoms with E-state index in [0.717, 1.165) is 57.8 Å². The van der Waals surface area contributed by atoms with E-state index >= 15 is 0 Å². The maximum absolute atomic E-state index is 12.7. The Morgan fingerprint density at radius 2 is 1.69 bits per heavy atom. The van der Waals surface area contributed by atoms with Crippen molar-refractivity contribution in [2.75, 3.05) is 44.2 Å². The molecule has 2 amide bonds. The van der Waals surface area contributed by atoms with Gasteiger partial charge in [-0.3, -0.25) is 14.5 Å². The van der Waals surface area contributed by atoms with Crippen LogP contribution in [0.5, 0.6) is 0 Å². The number of carbonyl (C=O) groups is 2. The first-order chi connectivity index (χ1) is 12.4. The van der Waals surface area contributed by atoms with Crippen LogP contribution in [0.4, 0.5) is 5.69 Å². The summed E-state index contributed by atoms with van der Waals surface area (Å²) in [5, 5.41) is 0. The number of benzene rings is 1. The van der Waals surface area contributed by atoms with Crippen LogP contribution in [-0.4, -0.2) is 60.9 Å². The third-order valence-corrected chi connectivity index (χ3v) is 5.35. The molecule has 1 aromatic rings. The van der Waals surface area contributed by atoms with Crippen LogP contribution in [0.2, 0.25) is 0 Å². The van der Waals surface area contributed by atoms with Gasteiger partial charge in [-0.15, -0.1) is 0 Å². The molecule has 0 spiro atoms. The number of aryl methyl sites for hydroxylation is 1. The minimum absolute atomic E-state index is 0.213. The van der Waals surface area contributed by atoms with Crippen molar-refractivity contribution < 1.29 is 9.59 Å². The first-order valence-corrected chi connectivity index (χ1v) is 9.76. The van der Waals surface area contributed by atoms with Crippen LogP contribution in [0, 0.1) is 5.41 Å². The fourth-order valence-corrected chi connectivity index (χ4v) is 3.83. The molecule has 2 heterocycles. The molecule has 1 saturated heterocycles. The molecule has 0 unspecified atom stereocenters. The number of piperazine rings is 1. The van der Waals surface area contributed by atoms with Crippen LogP contribution in [0.3, 0.4) is 0 Å². The molecule has 1 fully saturated rings. The molecule has 3 rings (SSSR count). The zero-order valence-electron chi connectivity index (χ0n) is 16.3. The van der Waals surface area contributed by atoms with E-state index in [0.29, 0.717) is 6.42 Å². The number of amides is 2. The Morgan fingerprint density at radius 1 is 1.00 bits per heavy atom. The predicted molar refractivity (Wildman–Crippen MR) is 104 cm³/mol. The lowest BCUT2D eigenvalue weighted by molar-refractivity contribution is -0.141. The van der Waals surface area contributed by atoms with E-state index in [-0.39, 0.29) is 17.2 Å². The molecule has 2 aliphatic rings. The molecule has 0 aliphatic carbocycles. The van der Waals surface area contributed by atoms with Gasteiger partial charge in [-0.05, 0) is 24.5 Å². The maximum atomic E-state index is 12.7. The summed E-state index contributed by atoms with van der Waals surface area (Å²) in [6, 6.07) is 8.24. The summed E-state index contributed by atoms with van der Waals surface area (Å²) in [5.41, 5.74) is 2.05. The van der Waals surface area contributed by atoms with E-state index in [1.54, 1.807) is 0 Å². The Bertz CT molecular complexity index is 657. The number of hydrogen-bond donors (Lipinski definition) is 0. The van der Waals surface area contributed by atoms with Crippen molar-refractivity contribution in [2.24, 2.45) is 5.41 Å². The third kappa shape index (κ3) is 4.26. The Balaban J connectivity index is 1.49.